The van der Waals surface area contributed by atoms with Gasteiger partial charge in [0.25, 0.3) is 5.91 Å². The van der Waals surface area contributed by atoms with Gasteiger partial charge >= 0.3 is 8.17 Å². The van der Waals surface area contributed by atoms with Crippen LogP contribution in [0.25, 0.3) is 11.2 Å². The Kier molecular flexibility index (Phi) is 8.51. The van der Waals surface area contributed by atoms with Crippen molar-refractivity contribution < 1.29 is 38.6 Å². The number of nitrogens with zero attached hydrogens (tertiary/aromatic N) is 4. The van der Waals surface area contributed by atoms with Gasteiger partial charge in [-0.3, -0.25) is 9.36 Å². The molecule has 0 aliphatic carbocycles. The van der Waals surface area contributed by atoms with Crippen molar-refractivity contribution in [3.8, 4) is 0 Å². The van der Waals surface area contributed by atoms with Crippen molar-refractivity contribution in [2.75, 3.05) is 25.1 Å². The summed E-state index contributed by atoms with van der Waals surface area (Å²) in [6.45, 7) is -0.350. The third kappa shape index (κ3) is 6.00. The normalized spacial score (nSPS) is 20.2. The van der Waals surface area contributed by atoms with E-state index in [1.807, 2.05) is 0 Å². The number of nitrogens with one attached hydrogen (secondary N) is 1. The summed E-state index contributed by atoms with van der Waals surface area (Å²) in [7, 11) is -4.19. The Labute approximate surface area is 206 Å². The van der Waals surface area contributed by atoms with Gasteiger partial charge in [0, 0.05) is 25.1 Å². The minimum absolute atomic E-state index is 0.104. The Morgan fingerprint density at radius 1 is 1.22 bits per heavy atom. The summed E-state index contributed by atoms with van der Waals surface area (Å²) >= 11 is 0. The Balaban J connectivity index is 1.49. The van der Waals surface area contributed by atoms with E-state index in [1.54, 1.807) is 28.8 Å². The summed E-state index contributed by atoms with van der Waals surface area (Å²) in [5, 5.41) is 21.3. The molecule has 1 aliphatic rings. The Hall–Kier alpha value is -2.65. The number of carbonyl (C=O) groups is 1. The highest BCUT2D eigenvalue weighted by Gasteiger charge is 2.49. The Bertz CT molecular complexity index is 1180. The first-order chi connectivity index (χ1) is 17.3. The number of fused-ring (bicyclic) bond motifs is 1. The van der Waals surface area contributed by atoms with E-state index in [4.69, 9.17) is 24.6 Å². The third-order valence-electron chi connectivity index (χ3n) is 5.55. The zero-order valence-corrected chi connectivity index (χ0v) is 20.1. The molecule has 1 aromatic carbocycles. The van der Waals surface area contributed by atoms with Crippen LogP contribution >= 0.6 is 8.17 Å². The van der Waals surface area contributed by atoms with Crippen molar-refractivity contribution in [3.05, 3.63) is 48.0 Å². The molecule has 14 nitrogen and oxygen atoms in total. The van der Waals surface area contributed by atoms with Gasteiger partial charge in [0.2, 0.25) is 0 Å². The van der Waals surface area contributed by atoms with Gasteiger partial charge in [-0.25, -0.2) is 15.0 Å². The van der Waals surface area contributed by atoms with Crippen LogP contribution in [0.5, 0.6) is 0 Å². The topological polar surface area (TPSA) is 207 Å². The number of aliphatic hydroxyl groups excluding tert-OH is 2. The second kappa shape index (κ2) is 11.6. The van der Waals surface area contributed by atoms with Gasteiger partial charge in [0.05, 0.1) is 12.9 Å². The monoisotopic (exact) mass is 523 g/mol. The summed E-state index contributed by atoms with van der Waals surface area (Å²) in [5.41, 5.74) is 7.59. The molecule has 1 saturated heterocycles. The lowest BCUT2D eigenvalue weighted by molar-refractivity contribution is -0.0467. The standard InChI is InChI=1S/C21H27N6O8P/c22-9-13-2-4-14(5-3-13)21(30)26-19-18-20(24-11-23-19)27(12-25-18)17-8-15(16(10-29)34-17)35-36(31,32)33-7-1-6-28/h2-5,11-12,15-17,28-29,31-32H,1,6-10,22H2/p+1/t15?,16-,17-/m1/s1. The van der Waals surface area contributed by atoms with E-state index in [2.05, 4.69) is 20.3 Å². The fraction of sp³-hybridized carbons (Fsp3) is 0.429. The average molecular weight is 523 g/mol. The maximum absolute atomic E-state index is 12.7. The molecule has 1 aliphatic heterocycles. The van der Waals surface area contributed by atoms with E-state index in [0.717, 1.165) is 5.56 Å². The first kappa shape index (κ1) is 26.4. The molecule has 0 bridgehead atoms. The quantitative estimate of drug-likeness (QED) is 0.148. The lowest BCUT2D eigenvalue weighted by atomic mass is 10.1. The molecule has 1 fully saturated rings. The van der Waals surface area contributed by atoms with Crippen LogP contribution in [-0.4, -0.2) is 77.5 Å². The highest BCUT2D eigenvalue weighted by molar-refractivity contribution is 7.54. The van der Waals surface area contributed by atoms with E-state index in [1.165, 1.54) is 12.7 Å². The average Bonchev–Trinajstić information content (AvgIpc) is 3.48. The van der Waals surface area contributed by atoms with Crippen molar-refractivity contribution in [2.24, 2.45) is 5.73 Å². The number of imidazole rings is 1. The minimum Gasteiger partial charge on any atom is -0.396 e. The summed E-state index contributed by atoms with van der Waals surface area (Å²) in [5.74, 6) is -0.185. The molecule has 15 heteroatoms. The number of hydrogen-bond donors (Lipinski definition) is 6. The molecule has 2 aromatic heterocycles. The number of nitrogens with two attached hydrogens (primary N) is 1. The number of aromatic nitrogens is 4. The zero-order valence-electron chi connectivity index (χ0n) is 19.2. The fourth-order valence-electron chi connectivity index (χ4n) is 3.73. The Morgan fingerprint density at radius 3 is 2.69 bits per heavy atom. The molecular formula is C21H28N6O8P+. The number of amides is 1. The molecule has 36 heavy (non-hydrogen) atoms. The van der Waals surface area contributed by atoms with E-state index in [-0.39, 0.29) is 37.8 Å². The molecule has 0 saturated carbocycles. The molecule has 7 N–H and O–H groups in total. The van der Waals surface area contributed by atoms with Crippen molar-refractivity contribution >= 4 is 31.1 Å². The van der Waals surface area contributed by atoms with E-state index < -0.39 is 33.2 Å². The van der Waals surface area contributed by atoms with Crippen molar-refractivity contribution in [3.63, 3.8) is 0 Å². The maximum Gasteiger partial charge on any atom is 0.570 e. The highest BCUT2D eigenvalue weighted by Crippen LogP contribution is 2.55. The van der Waals surface area contributed by atoms with Crippen LogP contribution in [-0.2, 0) is 20.3 Å². The highest BCUT2D eigenvalue weighted by atomic mass is 31.2. The summed E-state index contributed by atoms with van der Waals surface area (Å²) in [4.78, 5) is 45.5. The third-order valence-corrected chi connectivity index (χ3v) is 6.61. The van der Waals surface area contributed by atoms with Crippen LogP contribution in [0.4, 0.5) is 5.82 Å². The van der Waals surface area contributed by atoms with Gasteiger partial charge in [-0.05, 0) is 24.1 Å². The number of benzene rings is 1. The predicted octanol–water partition coefficient (Wildman–Crippen LogP) is 0.263. The lowest BCUT2D eigenvalue weighted by Gasteiger charge is -2.16. The second-order valence-electron chi connectivity index (χ2n) is 7.99. The van der Waals surface area contributed by atoms with Crippen LogP contribution in [0.3, 0.4) is 0 Å². The van der Waals surface area contributed by atoms with Gasteiger partial charge in [-0.2, -0.15) is 14.3 Å². The molecule has 4 rings (SSSR count). The van der Waals surface area contributed by atoms with Gasteiger partial charge in [0.1, 0.15) is 31.4 Å². The van der Waals surface area contributed by atoms with Crippen molar-refractivity contribution in [2.45, 2.75) is 37.8 Å². The molecule has 1 unspecified atom stereocenters. The van der Waals surface area contributed by atoms with E-state index in [9.17, 15) is 19.7 Å². The number of ether oxygens (including phenoxy) is 1. The largest absolute Gasteiger partial charge is 0.570 e. The van der Waals surface area contributed by atoms with Gasteiger partial charge in [-0.1, -0.05) is 12.1 Å². The molecule has 3 heterocycles. The molecule has 3 aromatic rings. The molecule has 1 amide bonds. The van der Waals surface area contributed by atoms with Gasteiger partial charge in [-0.15, -0.1) is 4.52 Å². The smallest absolute Gasteiger partial charge is 0.396 e. The van der Waals surface area contributed by atoms with Crippen molar-refractivity contribution in [1.82, 2.24) is 19.5 Å². The fourth-order valence-corrected chi connectivity index (χ4v) is 4.73. The number of hydrogen-bond acceptors (Lipinski definition) is 12. The number of anilines is 1. The Morgan fingerprint density at radius 2 is 2.00 bits per heavy atom. The second-order valence-corrected chi connectivity index (χ2v) is 9.44. The van der Waals surface area contributed by atoms with Gasteiger partial charge < -0.3 is 26.0 Å². The molecule has 194 valence electrons. The maximum atomic E-state index is 12.7. The minimum atomic E-state index is -4.19. The van der Waals surface area contributed by atoms with E-state index >= 15 is 0 Å². The van der Waals surface area contributed by atoms with E-state index in [0.29, 0.717) is 23.3 Å². The van der Waals surface area contributed by atoms with Crippen LogP contribution in [0, 0.1) is 0 Å². The van der Waals surface area contributed by atoms with Crippen LogP contribution in [0.1, 0.15) is 35.0 Å². The van der Waals surface area contributed by atoms with Crippen molar-refractivity contribution in [1.29, 1.82) is 0 Å². The SMILES string of the molecule is NCc1ccc(C(=O)Nc2ncnc3c2ncn3[C@H]2CC(O[P+](O)(O)OCCCO)[C@@H](CO)O2)cc1. The van der Waals surface area contributed by atoms with Crippen LogP contribution < -0.4 is 11.1 Å². The molecular weight excluding hydrogens is 495 g/mol. The number of rotatable bonds is 11. The first-order valence-electron chi connectivity index (χ1n) is 11.2. The predicted molar refractivity (Wildman–Crippen MR) is 127 cm³/mol. The summed E-state index contributed by atoms with van der Waals surface area (Å²) < 4.78 is 17.7. The zero-order chi connectivity index (χ0) is 25.7. The molecule has 0 spiro atoms. The number of carbonyl (C=O) groups excluding carboxylic acids is 1. The van der Waals surface area contributed by atoms with Crippen LogP contribution in [0.15, 0.2) is 36.9 Å². The number of aliphatic hydroxyl groups is 2. The summed E-state index contributed by atoms with van der Waals surface area (Å²) in [6, 6.07) is 6.85. The summed E-state index contributed by atoms with van der Waals surface area (Å²) in [6.07, 6.45) is 0.576. The lowest BCUT2D eigenvalue weighted by Crippen LogP contribution is -2.28. The van der Waals surface area contributed by atoms with Crippen LogP contribution in [0.2, 0.25) is 0 Å². The first-order valence-corrected chi connectivity index (χ1v) is 12.7. The molecule has 0 radical (unpaired) electrons. The van der Waals surface area contributed by atoms with Gasteiger partial charge in [0.15, 0.2) is 17.0 Å². The molecule has 3 atom stereocenters.